The number of halogens is 6. The van der Waals surface area contributed by atoms with Gasteiger partial charge in [0.2, 0.25) is 11.8 Å². The second-order valence-corrected chi connectivity index (χ2v) is 12.5. The Morgan fingerprint density at radius 2 is 1.66 bits per heavy atom. The maximum absolute atomic E-state index is 14.2. The van der Waals surface area contributed by atoms with Gasteiger partial charge in [0.1, 0.15) is 0 Å². The molecule has 1 aromatic carbocycles. The summed E-state index contributed by atoms with van der Waals surface area (Å²) in [5, 5.41) is 2.40. The van der Waals surface area contributed by atoms with E-state index in [0.29, 0.717) is 50.3 Å². The molecule has 38 heavy (non-hydrogen) atoms. The molecule has 1 N–H and O–H groups in total. The number of carbonyl (C=O) groups is 2. The van der Waals surface area contributed by atoms with Crippen LogP contribution in [0.15, 0.2) is 18.2 Å². The van der Waals surface area contributed by atoms with Crippen molar-refractivity contribution in [3.63, 3.8) is 0 Å². The maximum atomic E-state index is 14.2. The van der Waals surface area contributed by atoms with Crippen molar-refractivity contribution in [3.8, 4) is 0 Å². The topological polar surface area (TPSA) is 49.4 Å². The number of benzene rings is 1. The molecule has 2 amide bonds. The van der Waals surface area contributed by atoms with Gasteiger partial charge in [-0.15, -0.1) is 0 Å². The fourth-order valence-corrected chi connectivity index (χ4v) is 9.01. The Kier molecular flexibility index (Phi) is 6.19. The fraction of sp³-hybridized carbons (Fsp3) is 0.714. The van der Waals surface area contributed by atoms with Crippen LogP contribution >= 0.6 is 0 Å². The lowest BCUT2D eigenvalue weighted by molar-refractivity contribution is -0.178. The molecule has 5 rings (SSSR count). The second kappa shape index (κ2) is 8.62. The zero-order valence-corrected chi connectivity index (χ0v) is 21.9. The van der Waals surface area contributed by atoms with E-state index in [1.165, 1.54) is 0 Å². The molecular weight excluding hydrogens is 510 g/mol. The molecule has 1 heterocycles. The molecule has 1 aliphatic heterocycles. The van der Waals surface area contributed by atoms with Crippen molar-refractivity contribution in [1.82, 2.24) is 4.90 Å². The van der Waals surface area contributed by atoms with E-state index in [1.807, 2.05) is 18.9 Å². The molecule has 10 heteroatoms. The first kappa shape index (κ1) is 27.3. The standard InChI is InChI=1S/C28H34F6N2O2/c1-24-11-4-12-26(24,18-7-8-21-25(2,17(18)9-13-24)14-10-22(37)36(21)3)23(38)35-20-15-16(27(29,30)31)5-6-19(20)28(32,33)34/h5-6,15,17-18,21H,4,7-14H2,1-3H3,(H,35,38)/t17-,18+,21+,24-,25+,26-/m0/s1. The van der Waals surface area contributed by atoms with Crippen LogP contribution in [0.3, 0.4) is 0 Å². The predicted octanol–water partition coefficient (Wildman–Crippen LogP) is 7.29. The number of hydrogen-bond acceptors (Lipinski definition) is 2. The summed E-state index contributed by atoms with van der Waals surface area (Å²) in [6.07, 6.45) is -3.75. The molecule has 0 spiro atoms. The van der Waals surface area contributed by atoms with Gasteiger partial charge in [-0.25, -0.2) is 0 Å². The van der Waals surface area contributed by atoms with Gasteiger partial charge in [0.15, 0.2) is 0 Å². The van der Waals surface area contributed by atoms with Crippen LogP contribution in [0.2, 0.25) is 0 Å². The molecule has 4 aliphatic rings. The summed E-state index contributed by atoms with van der Waals surface area (Å²) in [5.41, 5.74) is -5.04. The van der Waals surface area contributed by atoms with Crippen molar-refractivity contribution < 1.29 is 35.9 Å². The van der Waals surface area contributed by atoms with E-state index in [1.54, 1.807) is 0 Å². The van der Waals surface area contributed by atoms with Crippen molar-refractivity contribution in [2.24, 2.45) is 28.1 Å². The normalized spacial score (nSPS) is 37.3. The fourth-order valence-electron chi connectivity index (χ4n) is 9.01. The molecule has 3 saturated carbocycles. The van der Waals surface area contributed by atoms with Gasteiger partial charge in [-0.3, -0.25) is 9.59 Å². The molecule has 0 unspecified atom stereocenters. The third-order valence-electron chi connectivity index (χ3n) is 10.9. The average Bonchev–Trinajstić information content (AvgIpc) is 3.19. The van der Waals surface area contributed by atoms with Gasteiger partial charge in [-0.05, 0) is 85.8 Å². The van der Waals surface area contributed by atoms with Gasteiger partial charge in [0.05, 0.1) is 22.2 Å². The zero-order valence-electron chi connectivity index (χ0n) is 21.9. The van der Waals surface area contributed by atoms with Crippen LogP contribution in [0, 0.1) is 28.1 Å². The Hall–Kier alpha value is -2.26. The molecule has 1 aromatic rings. The van der Waals surface area contributed by atoms with E-state index in [-0.39, 0.29) is 29.2 Å². The summed E-state index contributed by atoms with van der Waals surface area (Å²) < 4.78 is 81.7. The van der Waals surface area contributed by atoms with Crippen molar-refractivity contribution in [3.05, 3.63) is 29.3 Å². The van der Waals surface area contributed by atoms with Gasteiger partial charge < -0.3 is 10.2 Å². The summed E-state index contributed by atoms with van der Waals surface area (Å²) in [7, 11) is 1.82. The highest BCUT2D eigenvalue weighted by Crippen LogP contribution is 2.70. The Morgan fingerprint density at radius 3 is 2.32 bits per heavy atom. The number of alkyl halides is 6. The minimum Gasteiger partial charge on any atom is -0.342 e. The van der Waals surface area contributed by atoms with Crippen LogP contribution in [0.25, 0.3) is 0 Å². The number of nitrogens with one attached hydrogen (secondary N) is 1. The monoisotopic (exact) mass is 544 g/mol. The number of piperidine rings is 1. The van der Waals surface area contributed by atoms with E-state index >= 15 is 0 Å². The van der Waals surface area contributed by atoms with Crippen LogP contribution in [0.1, 0.15) is 82.8 Å². The number of rotatable bonds is 2. The Bertz CT molecular complexity index is 1150. The lowest BCUT2D eigenvalue weighted by atomic mass is 9.42. The van der Waals surface area contributed by atoms with E-state index in [2.05, 4.69) is 12.2 Å². The molecule has 6 atom stereocenters. The number of amides is 2. The predicted molar refractivity (Wildman–Crippen MR) is 129 cm³/mol. The van der Waals surface area contributed by atoms with E-state index < -0.39 is 45.9 Å². The molecule has 4 fully saturated rings. The van der Waals surface area contributed by atoms with Gasteiger partial charge in [0.25, 0.3) is 0 Å². The Balaban J connectivity index is 1.56. The average molecular weight is 545 g/mol. The zero-order chi connectivity index (χ0) is 27.9. The third-order valence-corrected chi connectivity index (χ3v) is 10.9. The summed E-state index contributed by atoms with van der Waals surface area (Å²) in [6, 6.07) is 1.24. The minimum atomic E-state index is -4.93. The highest BCUT2D eigenvalue weighted by Gasteiger charge is 2.68. The van der Waals surface area contributed by atoms with Gasteiger partial charge in [-0.2, -0.15) is 26.3 Å². The molecule has 1 saturated heterocycles. The van der Waals surface area contributed by atoms with Crippen LogP contribution < -0.4 is 5.32 Å². The number of anilines is 1. The number of carbonyl (C=O) groups excluding carboxylic acids is 2. The van der Waals surface area contributed by atoms with Crippen LogP contribution in [0.4, 0.5) is 32.0 Å². The van der Waals surface area contributed by atoms with Crippen molar-refractivity contribution in [2.45, 2.75) is 90.0 Å². The number of likely N-dealkylation sites (tertiary alicyclic amines) is 1. The number of hydrogen-bond donors (Lipinski definition) is 1. The van der Waals surface area contributed by atoms with E-state index in [4.69, 9.17) is 0 Å². The largest absolute Gasteiger partial charge is 0.418 e. The number of nitrogens with zero attached hydrogens (tertiary/aromatic N) is 1. The van der Waals surface area contributed by atoms with Crippen molar-refractivity contribution in [2.75, 3.05) is 12.4 Å². The summed E-state index contributed by atoms with van der Waals surface area (Å²) in [6.45, 7) is 4.20. The summed E-state index contributed by atoms with van der Waals surface area (Å²) in [4.78, 5) is 28.5. The first-order chi connectivity index (χ1) is 17.5. The Labute approximate surface area is 218 Å². The highest BCUT2D eigenvalue weighted by atomic mass is 19.4. The van der Waals surface area contributed by atoms with Gasteiger partial charge in [-0.1, -0.05) is 20.3 Å². The lowest BCUT2D eigenvalue weighted by Crippen LogP contribution is -2.65. The van der Waals surface area contributed by atoms with Crippen LogP contribution in [-0.2, 0) is 21.9 Å². The molecule has 3 aliphatic carbocycles. The lowest BCUT2D eigenvalue weighted by Gasteiger charge is -2.64. The van der Waals surface area contributed by atoms with E-state index in [0.717, 1.165) is 25.7 Å². The summed E-state index contributed by atoms with van der Waals surface area (Å²) in [5.74, 6) is -0.521. The summed E-state index contributed by atoms with van der Waals surface area (Å²) >= 11 is 0. The molecule has 0 bridgehead atoms. The smallest absolute Gasteiger partial charge is 0.342 e. The van der Waals surface area contributed by atoms with Crippen LogP contribution in [-0.4, -0.2) is 29.8 Å². The number of fused-ring (bicyclic) bond motifs is 5. The molecule has 0 aromatic heterocycles. The first-order valence-electron chi connectivity index (χ1n) is 13.4. The van der Waals surface area contributed by atoms with Gasteiger partial charge in [0, 0.05) is 19.5 Å². The van der Waals surface area contributed by atoms with Gasteiger partial charge >= 0.3 is 12.4 Å². The quantitative estimate of drug-likeness (QED) is 0.398. The van der Waals surface area contributed by atoms with Crippen LogP contribution in [0.5, 0.6) is 0 Å². The molecular formula is C28H34F6N2O2. The first-order valence-corrected chi connectivity index (χ1v) is 13.4. The van der Waals surface area contributed by atoms with Crippen molar-refractivity contribution >= 4 is 17.5 Å². The SMILES string of the molecule is CN1C(=O)CC[C@]2(C)[C@H]3CC[C@]4(C)CCC[C@@]4(C(=O)Nc4cc(C(F)(F)F)ccc4C(F)(F)F)[C@@H]3CC[C@@H]12. The molecule has 0 radical (unpaired) electrons. The van der Waals surface area contributed by atoms with Crippen molar-refractivity contribution in [1.29, 1.82) is 0 Å². The molecule has 210 valence electrons. The third kappa shape index (κ3) is 3.86. The Morgan fingerprint density at radius 1 is 0.947 bits per heavy atom. The maximum Gasteiger partial charge on any atom is 0.418 e. The molecule has 4 nitrogen and oxygen atoms in total. The second-order valence-electron chi connectivity index (χ2n) is 12.5. The highest BCUT2D eigenvalue weighted by molar-refractivity contribution is 5.97. The minimum absolute atomic E-state index is 0.0381. The van der Waals surface area contributed by atoms with E-state index in [9.17, 15) is 35.9 Å².